The fourth-order valence-corrected chi connectivity index (χ4v) is 2.86. The van der Waals surface area contributed by atoms with Crippen molar-refractivity contribution in [3.05, 3.63) is 75.9 Å². The number of allylic oxidation sites excluding steroid dienone is 2. The van der Waals surface area contributed by atoms with Crippen LogP contribution in [-0.2, 0) is 9.53 Å². The number of ether oxygens (including phenoxy) is 3. The molecule has 0 bridgehead atoms. The minimum Gasteiger partial charge on any atom is -0.493 e. The second-order valence-electron chi connectivity index (χ2n) is 5.35. The molecule has 0 N–H and O–H groups in total. The first-order chi connectivity index (χ1) is 12.6. The molecule has 0 saturated heterocycles. The van der Waals surface area contributed by atoms with E-state index < -0.39 is 5.97 Å². The molecule has 5 nitrogen and oxygen atoms in total. The molecule has 0 unspecified atom stereocenters. The molecule has 0 saturated carbocycles. The maximum atomic E-state index is 12.1. The van der Waals surface area contributed by atoms with Crippen molar-refractivity contribution in [2.45, 2.75) is 0 Å². The van der Waals surface area contributed by atoms with Gasteiger partial charge in [-0.05, 0) is 35.9 Å². The summed E-state index contributed by atoms with van der Waals surface area (Å²) in [6.07, 6.45) is 3.52. The van der Waals surface area contributed by atoms with Crippen molar-refractivity contribution in [2.24, 2.45) is 4.99 Å². The zero-order chi connectivity index (χ0) is 18.5. The molecule has 2 aromatic rings. The lowest BCUT2D eigenvalue weighted by Crippen LogP contribution is -2.06. The highest BCUT2D eigenvalue weighted by Crippen LogP contribution is 2.29. The van der Waals surface area contributed by atoms with Gasteiger partial charge in [0.25, 0.3) is 0 Å². The highest BCUT2D eigenvalue weighted by atomic mass is 79.9. The van der Waals surface area contributed by atoms with Crippen molar-refractivity contribution in [1.82, 2.24) is 0 Å². The van der Waals surface area contributed by atoms with Crippen molar-refractivity contribution in [3.63, 3.8) is 0 Å². The Hall–Kier alpha value is -2.86. The van der Waals surface area contributed by atoms with E-state index >= 15 is 0 Å². The third-order valence-electron chi connectivity index (χ3n) is 3.63. The van der Waals surface area contributed by atoms with E-state index in [1.807, 2.05) is 36.4 Å². The maximum Gasteiger partial charge on any atom is 0.363 e. The number of halogens is 1. The Balaban J connectivity index is 1.88. The van der Waals surface area contributed by atoms with Gasteiger partial charge >= 0.3 is 5.97 Å². The Labute approximate surface area is 159 Å². The van der Waals surface area contributed by atoms with Crippen LogP contribution in [0.25, 0.3) is 6.08 Å². The number of carbonyl (C=O) groups excluding carboxylic acids is 1. The molecule has 0 aliphatic carbocycles. The van der Waals surface area contributed by atoms with Crippen LogP contribution in [0.3, 0.4) is 0 Å². The fraction of sp³-hybridized carbons (Fsp3) is 0.100. The molecule has 2 aromatic carbocycles. The van der Waals surface area contributed by atoms with Gasteiger partial charge in [-0.15, -0.1) is 0 Å². The van der Waals surface area contributed by atoms with Crippen LogP contribution >= 0.6 is 15.9 Å². The Kier molecular flexibility index (Phi) is 5.53. The summed E-state index contributed by atoms with van der Waals surface area (Å²) in [4.78, 5) is 16.4. The number of carbonyl (C=O) groups is 1. The van der Waals surface area contributed by atoms with E-state index in [0.29, 0.717) is 21.5 Å². The SMILES string of the molecule is COc1ccc(C2=N/C(=C\C(Br)=C\c3ccccc3)C(=O)O2)cc1OC. The Morgan fingerprint density at radius 1 is 1.08 bits per heavy atom. The monoisotopic (exact) mass is 413 g/mol. The average Bonchev–Trinajstić information content (AvgIpc) is 3.02. The number of hydrogen-bond acceptors (Lipinski definition) is 5. The van der Waals surface area contributed by atoms with Gasteiger partial charge in [-0.3, -0.25) is 0 Å². The molecule has 0 atom stereocenters. The second-order valence-corrected chi connectivity index (χ2v) is 6.26. The van der Waals surface area contributed by atoms with Crippen molar-refractivity contribution in [3.8, 4) is 11.5 Å². The molecule has 0 aromatic heterocycles. The predicted octanol–water partition coefficient (Wildman–Crippen LogP) is 4.33. The zero-order valence-electron chi connectivity index (χ0n) is 14.2. The number of hydrogen-bond donors (Lipinski definition) is 0. The van der Waals surface area contributed by atoms with Gasteiger partial charge in [0.1, 0.15) is 0 Å². The standard InChI is InChI=1S/C20H16BrNO4/c1-24-17-9-8-14(11-18(17)25-2)19-22-16(20(23)26-19)12-15(21)10-13-6-4-3-5-7-13/h3-12H,1-2H3/b15-10-,16-12-. The fourth-order valence-electron chi connectivity index (χ4n) is 2.38. The van der Waals surface area contributed by atoms with Crippen LogP contribution in [0, 0.1) is 0 Å². The molecule has 0 radical (unpaired) electrons. The Morgan fingerprint density at radius 3 is 2.50 bits per heavy atom. The molecular formula is C20H16BrNO4. The first-order valence-corrected chi connectivity index (χ1v) is 8.57. The van der Waals surface area contributed by atoms with Crippen molar-refractivity contribution < 1.29 is 19.0 Å². The minimum atomic E-state index is -0.506. The molecule has 0 amide bonds. The normalized spacial score (nSPS) is 15.7. The van der Waals surface area contributed by atoms with Gasteiger partial charge in [-0.25, -0.2) is 9.79 Å². The highest BCUT2D eigenvalue weighted by molar-refractivity contribution is 9.12. The van der Waals surface area contributed by atoms with Gasteiger partial charge in [0, 0.05) is 10.0 Å². The summed E-state index contributed by atoms with van der Waals surface area (Å²) in [7, 11) is 3.10. The van der Waals surface area contributed by atoms with Crippen LogP contribution in [-0.4, -0.2) is 26.1 Å². The van der Waals surface area contributed by atoms with E-state index in [1.54, 1.807) is 38.5 Å². The lowest BCUT2D eigenvalue weighted by Gasteiger charge is -2.08. The van der Waals surface area contributed by atoms with Crippen LogP contribution in [0.4, 0.5) is 0 Å². The van der Waals surface area contributed by atoms with Crippen LogP contribution in [0.5, 0.6) is 11.5 Å². The van der Waals surface area contributed by atoms with Gasteiger partial charge in [0.05, 0.1) is 14.2 Å². The average molecular weight is 414 g/mol. The van der Waals surface area contributed by atoms with Crippen molar-refractivity contribution in [1.29, 1.82) is 0 Å². The largest absolute Gasteiger partial charge is 0.493 e. The van der Waals surface area contributed by atoms with Gasteiger partial charge in [-0.2, -0.15) is 0 Å². The summed E-state index contributed by atoms with van der Waals surface area (Å²) in [6, 6.07) is 15.0. The molecule has 1 aliphatic rings. The number of benzene rings is 2. The molecule has 1 aliphatic heterocycles. The third kappa shape index (κ3) is 4.03. The number of cyclic esters (lactones) is 1. The van der Waals surface area contributed by atoms with Crippen LogP contribution < -0.4 is 9.47 Å². The summed E-state index contributed by atoms with van der Waals surface area (Å²) in [5.74, 6) is 0.840. The lowest BCUT2D eigenvalue weighted by molar-refractivity contribution is -0.130. The summed E-state index contributed by atoms with van der Waals surface area (Å²) < 4.78 is 16.5. The molecule has 6 heteroatoms. The number of methoxy groups -OCH3 is 2. The quantitative estimate of drug-likeness (QED) is 0.540. The summed E-state index contributed by atoms with van der Waals surface area (Å²) >= 11 is 3.44. The molecule has 1 heterocycles. The topological polar surface area (TPSA) is 57.1 Å². The van der Waals surface area contributed by atoms with E-state index in [-0.39, 0.29) is 11.6 Å². The maximum absolute atomic E-state index is 12.1. The number of esters is 1. The molecule has 132 valence electrons. The summed E-state index contributed by atoms with van der Waals surface area (Å²) in [5.41, 5.74) is 1.85. The molecule has 0 spiro atoms. The zero-order valence-corrected chi connectivity index (χ0v) is 15.8. The highest BCUT2D eigenvalue weighted by Gasteiger charge is 2.25. The van der Waals surface area contributed by atoms with Gasteiger partial charge in [0.15, 0.2) is 17.2 Å². The predicted molar refractivity (Wildman–Crippen MR) is 104 cm³/mol. The minimum absolute atomic E-state index is 0.217. The molecule has 3 rings (SSSR count). The first-order valence-electron chi connectivity index (χ1n) is 7.78. The Bertz CT molecular complexity index is 917. The first kappa shape index (κ1) is 17.9. The molecular weight excluding hydrogens is 398 g/mol. The summed E-state index contributed by atoms with van der Waals surface area (Å²) in [5, 5.41) is 0. The van der Waals surface area contributed by atoms with E-state index in [9.17, 15) is 4.79 Å². The van der Waals surface area contributed by atoms with Crippen LogP contribution in [0.1, 0.15) is 11.1 Å². The summed E-state index contributed by atoms with van der Waals surface area (Å²) in [6.45, 7) is 0. The number of aliphatic imine (C=N–C) groups is 1. The van der Waals surface area contributed by atoms with Gasteiger partial charge < -0.3 is 14.2 Å². The van der Waals surface area contributed by atoms with Crippen LogP contribution in [0.2, 0.25) is 0 Å². The molecule has 26 heavy (non-hydrogen) atoms. The van der Waals surface area contributed by atoms with Gasteiger partial charge in [-0.1, -0.05) is 46.3 Å². The number of rotatable bonds is 5. The van der Waals surface area contributed by atoms with E-state index in [2.05, 4.69) is 20.9 Å². The van der Waals surface area contributed by atoms with Gasteiger partial charge in [0.2, 0.25) is 5.90 Å². The second kappa shape index (κ2) is 8.01. The van der Waals surface area contributed by atoms with E-state index in [1.165, 1.54) is 0 Å². The lowest BCUT2D eigenvalue weighted by atomic mass is 10.2. The van der Waals surface area contributed by atoms with Crippen LogP contribution in [0.15, 0.2) is 69.8 Å². The Morgan fingerprint density at radius 2 is 1.81 bits per heavy atom. The molecule has 0 fully saturated rings. The number of nitrogens with zero attached hydrogens (tertiary/aromatic N) is 1. The van der Waals surface area contributed by atoms with E-state index in [0.717, 1.165) is 5.56 Å². The smallest absolute Gasteiger partial charge is 0.363 e. The van der Waals surface area contributed by atoms with Crippen molar-refractivity contribution in [2.75, 3.05) is 14.2 Å². The van der Waals surface area contributed by atoms with E-state index in [4.69, 9.17) is 14.2 Å². The van der Waals surface area contributed by atoms with Crippen molar-refractivity contribution >= 4 is 33.9 Å². The third-order valence-corrected chi connectivity index (χ3v) is 4.09.